The number of ether oxygens (including phenoxy) is 2. The second-order valence-corrected chi connectivity index (χ2v) is 5.30. The minimum atomic E-state index is 0.191. The molecule has 2 heterocycles. The van der Waals surface area contributed by atoms with Gasteiger partial charge < -0.3 is 9.47 Å². The average molecular weight is 268 g/mol. The summed E-state index contributed by atoms with van der Waals surface area (Å²) in [6.07, 6.45) is 3.47. The van der Waals surface area contributed by atoms with Crippen LogP contribution in [0.5, 0.6) is 5.75 Å². The van der Waals surface area contributed by atoms with Gasteiger partial charge in [-0.05, 0) is 43.0 Å². The van der Waals surface area contributed by atoms with E-state index in [9.17, 15) is 0 Å². The molecule has 1 saturated heterocycles. The fourth-order valence-electron chi connectivity index (χ4n) is 2.65. The molecule has 4 heteroatoms. The molecule has 2 aliphatic heterocycles. The molecule has 1 unspecified atom stereocenters. The summed E-state index contributed by atoms with van der Waals surface area (Å²) < 4.78 is 11.6. The van der Waals surface area contributed by atoms with Crippen molar-refractivity contribution in [1.29, 1.82) is 0 Å². The molecule has 0 aromatic heterocycles. The standard InChI is InChI=1S/C14H18ClNO2/c15-12-4-5-13-11(10-12)2-1-3-14(18-13)16-6-8-17-9-7-16/h4-5,10,14H,1-3,6-9H2. The zero-order valence-corrected chi connectivity index (χ0v) is 11.2. The van der Waals surface area contributed by atoms with Crippen LogP contribution in [-0.2, 0) is 11.2 Å². The van der Waals surface area contributed by atoms with Crippen molar-refractivity contribution in [2.75, 3.05) is 26.3 Å². The Morgan fingerprint density at radius 3 is 2.89 bits per heavy atom. The van der Waals surface area contributed by atoms with Gasteiger partial charge in [0.25, 0.3) is 0 Å². The number of benzene rings is 1. The molecular weight excluding hydrogens is 250 g/mol. The monoisotopic (exact) mass is 267 g/mol. The Hall–Kier alpha value is -0.770. The molecule has 0 amide bonds. The normalized spacial score (nSPS) is 25.1. The molecule has 0 N–H and O–H groups in total. The van der Waals surface area contributed by atoms with Gasteiger partial charge >= 0.3 is 0 Å². The van der Waals surface area contributed by atoms with E-state index in [1.165, 1.54) is 5.56 Å². The van der Waals surface area contributed by atoms with Crippen LogP contribution in [0.15, 0.2) is 18.2 Å². The minimum absolute atomic E-state index is 0.191. The van der Waals surface area contributed by atoms with E-state index in [1.807, 2.05) is 18.2 Å². The number of morpholine rings is 1. The molecule has 3 rings (SSSR count). The van der Waals surface area contributed by atoms with Crippen LogP contribution in [0.3, 0.4) is 0 Å². The third-order valence-electron chi connectivity index (χ3n) is 3.64. The first-order chi connectivity index (χ1) is 8.83. The fraction of sp³-hybridized carbons (Fsp3) is 0.571. The summed E-state index contributed by atoms with van der Waals surface area (Å²) in [6.45, 7) is 3.56. The van der Waals surface area contributed by atoms with E-state index in [2.05, 4.69) is 4.90 Å². The van der Waals surface area contributed by atoms with Gasteiger partial charge in [-0.3, -0.25) is 4.90 Å². The van der Waals surface area contributed by atoms with E-state index in [-0.39, 0.29) is 6.23 Å². The highest BCUT2D eigenvalue weighted by Crippen LogP contribution is 2.30. The average Bonchev–Trinajstić information content (AvgIpc) is 2.61. The van der Waals surface area contributed by atoms with Crippen LogP contribution in [0.25, 0.3) is 0 Å². The largest absolute Gasteiger partial charge is 0.475 e. The van der Waals surface area contributed by atoms with Gasteiger partial charge in [-0.1, -0.05) is 11.6 Å². The lowest BCUT2D eigenvalue weighted by atomic mass is 10.1. The zero-order chi connectivity index (χ0) is 12.4. The number of nitrogens with zero attached hydrogens (tertiary/aromatic N) is 1. The highest BCUT2D eigenvalue weighted by molar-refractivity contribution is 6.30. The Morgan fingerprint density at radius 2 is 2.06 bits per heavy atom. The van der Waals surface area contributed by atoms with E-state index in [1.54, 1.807) is 0 Å². The summed E-state index contributed by atoms with van der Waals surface area (Å²) in [7, 11) is 0. The van der Waals surface area contributed by atoms with Crippen molar-refractivity contribution in [3.8, 4) is 5.75 Å². The molecule has 98 valence electrons. The van der Waals surface area contributed by atoms with Crippen LogP contribution in [0.1, 0.15) is 18.4 Å². The summed E-state index contributed by atoms with van der Waals surface area (Å²) in [5.41, 5.74) is 1.23. The first-order valence-corrected chi connectivity index (χ1v) is 6.97. The Labute approximate surface area is 113 Å². The second kappa shape index (κ2) is 5.47. The zero-order valence-electron chi connectivity index (χ0n) is 10.4. The van der Waals surface area contributed by atoms with Crippen molar-refractivity contribution in [2.24, 2.45) is 0 Å². The maximum Gasteiger partial charge on any atom is 0.152 e. The summed E-state index contributed by atoms with van der Waals surface area (Å²) in [5, 5.41) is 0.794. The van der Waals surface area contributed by atoms with Gasteiger partial charge in [0, 0.05) is 18.1 Å². The summed E-state index contributed by atoms with van der Waals surface area (Å²) in [4.78, 5) is 2.38. The summed E-state index contributed by atoms with van der Waals surface area (Å²) in [6, 6.07) is 5.93. The minimum Gasteiger partial charge on any atom is -0.475 e. The van der Waals surface area contributed by atoms with E-state index in [4.69, 9.17) is 21.1 Å². The Morgan fingerprint density at radius 1 is 1.22 bits per heavy atom. The second-order valence-electron chi connectivity index (χ2n) is 4.87. The lowest BCUT2D eigenvalue weighted by Crippen LogP contribution is -2.46. The van der Waals surface area contributed by atoms with Crippen molar-refractivity contribution in [3.05, 3.63) is 28.8 Å². The van der Waals surface area contributed by atoms with E-state index in [0.29, 0.717) is 0 Å². The number of rotatable bonds is 1. The third kappa shape index (κ3) is 2.63. The number of fused-ring (bicyclic) bond motifs is 1. The molecule has 3 nitrogen and oxygen atoms in total. The first kappa shape index (κ1) is 12.3. The number of hydrogen-bond donors (Lipinski definition) is 0. The predicted octanol–water partition coefficient (Wildman–Crippen LogP) is 2.71. The van der Waals surface area contributed by atoms with Crippen LogP contribution in [0.4, 0.5) is 0 Å². The van der Waals surface area contributed by atoms with Crippen molar-refractivity contribution in [3.63, 3.8) is 0 Å². The molecule has 0 bridgehead atoms. The molecule has 1 aromatic rings. The van der Waals surface area contributed by atoms with Crippen LogP contribution >= 0.6 is 11.6 Å². The van der Waals surface area contributed by atoms with E-state index in [0.717, 1.165) is 56.3 Å². The number of hydrogen-bond acceptors (Lipinski definition) is 3. The lowest BCUT2D eigenvalue weighted by Gasteiger charge is -2.33. The van der Waals surface area contributed by atoms with Crippen LogP contribution in [-0.4, -0.2) is 37.4 Å². The maximum atomic E-state index is 6.16. The summed E-state index contributed by atoms with van der Waals surface area (Å²) in [5.74, 6) is 0.994. The highest BCUT2D eigenvalue weighted by atomic mass is 35.5. The molecule has 18 heavy (non-hydrogen) atoms. The quantitative estimate of drug-likeness (QED) is 0.781. The van der Waals surface area contributed by atoms with Gasteiger partial charge in [0.2, 0.25) is 0 Å². The molecule has 1 fully saturated rings. The third-order valence-corrected chi connectivity index (χ3v) is 3.87. The molecule has 0 spiro atoms. The van der Waals surface area contributed by atoms with Crippen LogP contribution < -0.4 is 4.74 Å². The summed E-state index contributed by atoms with van der Waals surface area (Å²) >= 11 is 6.03. The molecule has 1 aromatic carbocycles. The van der Waals surface area contributed by atoms with E-state index >= 15 is 0 Å². The smallest absolute Gasteiger partial charge is 0.152 e. The Kier molecular flexibility index (Phi) is 3.73. The van der Waals surface area contributed by atoms with Gasteiger partial charge in [-0.15, -0.1) is 0 Å². The number of aryl methyl sites for hydroxylation is 1. The molecule has 2 aliphatic rings. The van der Waals surface area contributed by atoms with E-state index < -0.39 is 0 Å². The van der Waals surface area contributed by atoms with Gasteiger partial charge in [0.1, 0.15) is 5.75 Å². The molecule has 0 saturated carbocycles. The van der Waals surface area contributed by atoms with Gasteiger partial charge in [0.15, 0.2) is 6.23 Å². The fourth-order valence-corrected chi connectivity index (χ4v) is 2.85. The van der Waals surface area contributed by atoms with Gasteiger partial charge in [-0.25, -0.2) is 0 Å². The highest BCUT2D eigenvalue weighted by Gasteiger charge is 2.25. The van der Waals surface area contributed by atoms with Gasteiger partial charge in [0.05, 0.1) is 13.2 Å². The molecular formula is C14H18ClNO2. The predicted molar refractivity (Wildman–Crippen MR) is 71.2 cm³/mol. The van der Waals surface area contributed by atoms with Crippen LogP contribution in [0.2, 0.25) is 5.02 Å². The molecule has 1 atom stereocenters. The Bertz CT molecular complexity index is 418. The molecule has 0 aliphatic carbocycles. The lowest BCUT2D eigenvalue weighted by molar-refractivity contribution is -0.0476. The SMILES string of the molecule is Clc1ccc2c(c1)CCCC(N1CCOCC1)O2. The number of halogens is 1. The maximum absolute atomic E-state index is 6.16. The van der Waals surface area contributed by atoms with Crippen molar-refractivity contribution in [2.45, 2.75) is 25.5 Å². The topological polar surface area (TPSA) is 21.7 Å². The Balaban J connectivity index is 1.77. The van der Waals surface area contributed by atoms with Crippen molar-refractivity contribution < 1.29 is 9.47 Å². The van der Waals surface area contributed by atoms with Crippen LogP contribution in [0, 0.1) is 0 Å². The molecule has 0 radical (unpaired) electrons. The van der Waals surface area contributed by atoms with Crippen molar-refractivity contribution in [1.82, 2.24) is 4.90 Å². The first-order valence-electron chi connectivity index (χ1n) is 6.60. The van der Waals surface area contributed by atoms with Crippen molar-refractivity contribution >= 4 is 11.6 Å². The van der Waals surface area contributed by atoms with Gasteiger partial charge in [-0.2, -0.15) is 0 Å².